The van der Waals surface area contributed by atoms with E-state index in [1.807, 2.05) is 42.2 Å². The average Bonchev–Trinajstić information content (AvgIpc) is 3.27. The number of nitrogens with zero attached hydrogens (tertiary/aromatic N) is 4. The van der Waals surface area contributed by atoms with Gasteiger partial charge in [0.25, 0.3) is 0 Å². The second kappa shape index (κ2) is 7.31. The minimum absolute atomic E-state index is 0.155. The molecule has 0 spiro atoms. The van der Waals surface area contributed by atoms with E-state index in [4.69, 9.17) is 0 Å². The van der Waals surface area contributed by atoms with Crippen LogP contribution in [0, 0.1) is 18.8 Å². The lowest BCUT2D eigenvalue weighted by Gasteiger charge is -2.11. The van der Waals surface area contributed by atoms with E-state index in [2.05, 4.69) is 33.4 Å². The molecule has 0 radical (unpaired) electrons. The molecule has 6 heteroatoms. The molecule has 6 nitrogen and oxygen atoms in total. The summed E-state index contributed by atoms with van der Waals surface area (Å²) in [4.78, 5) is 20.6. The summed E-state index contributed by atoms with van der Waals surface area (Å²) in [6, 6.07) is 8.01. The van der Waals surface area contributed by atoms with E-state index in [0.29, 0.717) is 19.0 Å². The van der Waals surface area contributed by atoms with Crippen LogP contribution in [0.15, 0.2) is 49.1 Å². The van der Waals surface area contributed by atoms with Crippen molar-refractivity contribution in [2.24, 2.45) is 11.8 Å². The number of carbonyl (C=O) groups excluding carboxylic acids is 1. The molecule has 1 aliphatic carbocycles. The minimum atomic E-state index is 0.155. The lowest BCUT2D eigenvalue weighted by atomic mass is 10.0. The highest BCUT2D eigenvalue weighted by molar-refractivity contribution is 5.81. The molecular formula is C21H23N5O. The number of rotatable bonds is 6. The molecule has 0 aliphatic heterocycles. The zero-order valence-corrected chi connectivity index (χ0v) is 15.6. The van der Waals surface area contributed by atoms with Gasteiger partial charge in [-0.25, -0.2) is 0 Å². The third kappa shape index (κ3) is 3.74. The van der Waals surface area contributed by atoms with Crippen LogP contribution in [0.25, 0.3) is 22.4 Å². The maximum Gasteiger partial charge on any atom is 0.223 e. The van der Waals surface area contributed by atoms with Gasteiger partial charge in [0, 0.05) is 47.9 Å². The first-order valence-electron chi connectivity index (χ1n) is 9.30. The van der Waals surface area contributed by atoms with Crippen LogP contribution in [0.1, 0.15) is 19.0 Å². The molecule has 0 aromatic carbocycles. The van der Waals surface area contributed by atoms with Crippen LogP contribution in [0.4, 0.5) is 0 Å². The molecule has 1 fully saturated rings. The van der Waals surface area contributed by atoms with Crippen LogP contribution in [-0.2, 0) is 11.3 Å². The molecule has 0 saturated heterocycles. The van der Waals surface area contributed by atoms with Crippen LogP contribution in [-0.4, -0.2) is 32.2 Å². The smallest absolute Gasteiger partial charge is 0.223 e. The maximum absolute atomic E-state index is 12.1. The predicted octanol–water partition coefficient (Wildman–Crippen LogP) is 3.09. The zero-order chi connectivity index (χ0) is 18.8. The summed E-state index contributed by atoms with van der Waals surface area (Å²) in [6.07, 6.45) is 8.30. The lowest BCUT2D eigenvalue weighted by Crippen LogP contribution is -2.29. The van der Waals surface area contributed by atoms with Crippen molar-refractivity contribution in [2.45, 2.75) is 26.8 Å². The summed E-state index contributed by atoms with van der Waals surface area (Å²) >= 11 is 0. The van der Waals surface area contributed by atoms with Gasteiger partial charge >= 0.3 is 0 Å². The van der Waals surface area contributed by atoms with Crippen LogP contribution >= 0.6 is 0 Å². The van der Waals surface area contributed by atoms with Gasteiger partial charge in [-0.05, 0) is 49.1 Å². The summed E-state index contributed by atoms with van der Waals surface area (Å²) in [6.45, 7) is 5.26. The predicted molar refractivity (Wildman–Crippen MR) is 104 cm³/mol. The Morgan fingerprint density at radius 2 is 1.96 bits per heavy atom. The lowest BCUT2D eigenvalue weighted by molar-refractivity contribution is -0.122. The van der Waals surface area contributed by atoms with E-state index < -0.39 is 0 Å². The Morgan fingerprint density at radius 1 is 1.19 bits per heavy atom. The Morgan fingerprint density at radius 3 is 2.63 bits per heavy atom. The van der Waals surface area contributed by atoms with Gasteiger partial charge in [-0.1, -0.05) is 6.92 Å². The van der Waals surface area contributed by atoms with Gasteiger partial charge in [0.05, 0.1) is 18.4 Å². The molecule has 0 bridgehead atoms. The summed E-state index contributed by atoms with van der Waals surface area (Å²) in [5, 5.41) is 7.62. The van der Waals surface area contributed by atoms with Gasteiger partial charge < -0.3 is 5.32 Å². The molecule has 0 unspecified atom stereocenters. The standard InChI is InChI=1S/C21H23N5O/c1-14-11-18(14)21(27)23-9-10-26-20(17-4-3-15(2)24-12-17)19(13-25-26)16-5-7-22-8-6-16/h3-8,12-14,18H,9-11H2,1-2H3,(H,23,27)/t14-,18-/m0/s1. The minimum Gasteiger partial charge on any atom is -0.354 e. The topological polar surface area (TPSA) is 72.7 Å². The Labute approximate surface area is 158 Å². The first-order chi connectivity index (χ1) is 13.1. The third-order valence-corrected chi connectivity index (χ3v) is 5.08. The van der Waals surface area contributed by atoms with Gasteiger partial charge in [-0.3, -0.25) is 19.4 Å². The van der Waals surface area contributed by atoms with Crippen LogP contribution in [0.2, 0.25) is 0 Å². The van der Waals surface area contributed by atoms with Crippen LogP contribution in [0.3, 0.4) is 0 Å². The monoisotopic (exact) mass is 361 g/mol. The Balaban J connectivity index is 1.60. The zero-order valence-electron chi connectivity index (χ0n) is 15.6. The van der Waals surface area contributed by atoms with E-state index in [0.717, 1.165) is 34.5 Å². The molecule has 1 amide bonds. The summed E-state index contributed by atoms with van der Waals surface area (Å²) < 4.78 is 1.94. The van der Waals surface area contributed by atoms with Gasteiger partial charge in [-0.2, -0.15) is 5.10 Å². The first-order valence-corrected chi connectivity index (χ1v) is 9.30. The molecule has 1 N–H and O–H groups in total. The summed E-state index contributed by atoms with van der Waals surface area (Å²) in [7, 11) is 0. The van der Waals surface area contributed by atoms with Crippen molar-refractivity contribution in [1.29, 1.82) is 0 Å². The molecule has 3 heterocycles. The molecule has 3 aromatic heterocycles. The summed E-state index contributed by atoms with van der Waals surface area (Å²) in [5.74, 6) is 0.862. The normalized spacial score (nSPS) is 18.3. The molecule has 4 rings (SSSR count). The number of pyridine rings is 2. The highest BCUT2D eigenvalue weighted by atomic mass is 16.2. The van der Waals surface area contributed by atoms with E-state index in [1.54, 1.807) is 12.4 Å². The molecule has 3 aromatic rings. The molecule has 2 atom stereocenters. The third-order valence-electron chi connectivity index (χ3n) is 5.08. The van der Waals surface area contributed by atoms with Crippen molar-refractivity contribution in [2.75, 3.05) is 6.54 Å². The average molecular weight is 361 g/mol. The number of carbonyl (C=O) groups is 1. The highest BCUT2D eigenvalue weighted by Gasteiger charge is 2.38. The Kier molecular flexibility index (Phi) is 4.71. The fourth-order valence-corrected chi connectivity index (χ4v) is 3.31. The van der Waals surface area contributed by atoms with Crippen LogP contribution < -0.4 is 5.32 Å². The number of aromatic nitrogens is 4. The van der Waals surface area contributed by atoms with Crippen molar-refractivity contribution >= 4 is 5.91 Å². The number of amides is 1. The van der Waals surface area contributed by atoms with Gasteiger partial charge in [0.1, 0.15) is 0 Å². The largest absolute Gasteiger partial charge is 0.354 e. The van der Waals surface area contributed by atoms with E-state index in [9.17, 15) is 4.79 Å². The Bertz CT molecular complexity index is 933. The quantitative estimate of drug-likeness (QED) is 0.732. The number of aryl methyl sites for hydroxylation is 1. The number of hydrogen-bond donors (Lipinski definition) is 1. The second-order valence-corrected chi connectivity index (χ2v) is 7.16. The summed E-state index contributed by atoms with van der Waals surface area (Å²) in [5.41, 5.74) is 5.07. The second-order valence-electron chi connectivity index (χ2n) is 7.16. The van der Waals surface area contributed by atoms with E-state index in [-0.39, 0.29) is 11.8 Å². The molecular weight excluding hydrogens is 338 g/mol. The molecule has 27 heavy (non-hydrogen) atoms. The fraction of sp³-hybridized carbons (Fsp3) is 0.333. The van der Waals surface area contributed by atoms with Gasteiger partial charge in [0.2, 0.25) is 5.91 Å². The number of hydrogen-bond acceptors (Lipinski definition) is 4. The van der Waals surface area contributed by atoms with Crippen molar-refractivity contribution < 1.29 is 4.79 Å². The highest BCUT2D eigenvalue weighted by Crippen LogP contribution is 2.37. The number of nitrogens with one attached hydrogen (secondary N) is 1. The molecule has 1 saturated carbocycles. The maximum atomic E-state index is 12.1. The Hall–Kier alpha value is -3.02. The fourth-order valence-electron chi connectivity index (χ4n) is 3.31. The van der Waals surface area contributed by atoms with Gasteiger partial charge in [0.15, 0.2) is 0 Å². The molecule has 138 valence electrons. The van der Waals surface area contributed by atoms with Crippen molar-refractivity contribution in [1.82, 2.24) is 25.1 Å². The van der Waals surface area contributed by atoms with Crippen molar-refractivity contribution in [3.63, 3.8) is 0 Å². The van der Waals surface area contributed by atoms with E-state index >= 15 is 0 Å². The SMILES string of the molecule is Cc1ccc(-c2c(-c3ccncc3)cnn2CCNC(=O)[C@H]2C[C@@H]2C)cn1. The van der Waals surface area contributed by atoms with Gasteiger partial charge in [-0.15, -0.1) is 0 Å². The van der Waals surface area contributed by atoms with Crippen LogP contribution in [0.5, 0.6) is 0 Å². The first kappa shape index (κ1) is 17.4. The molecule has 1 aliphatic rings. The van der Waals surface area contributed by atoms with Crippen molar-refractivity contribution in [3.8, 4) is 22.4 Å². The van der Waals surface area contributed by atoms with Crippen molar-refractivity contribution in [3.05, 3.63) is 54.7 Å². The van der Waals surface area contributed by atoms with E-state index in [1.165, 1.54) is 0 Å².